The maximum absolute atomic E-state index is 4.93. The van der Waals surface area contributed by atoms with Crippen LogP contribution in [-0.2, 0) is 9.31 Å². The van der Waals surface area contributed by atoms with Crippen LogP contribution in [0.1, 0.15) is 19.3 Å². The van der Waals surface area contributed by atoms with Crippen LogP contribution in [-0.4, -0.2) is 20.9 Å². The van der Waals surface area contributed by atoms with E-state index in [9.17, 15) is 0 Å². The molecule has 2 nitrogen and oxygen atoms in total. The average Bonchev–Trinajstić information content (AvgIpc) is 1.62. The van der Waals surface area contributed by atoms with Crippen molar-refractivity contribution in [2.75, 3.05) is 13.2 Å². The van der Waals surface area contributed by atoms with Crippen LogP contribution >= 0.6 is 0 Å². The monoisotopic (exact) mass is 113 g/mol. The normalized spacial score (nSPS) is 23.0. The van der Waals surface area contributed by atoms with Crippen LogP contribution in [0.5, 0.6) is 0 Å². The molecule has 0 bridgehead atoms. The van der Waals surface area contributed by atoms with E-state index in [4.69, 9.17) is 9.31 Å². The van der Waals surface area contributed by atoms with E-state index in [1.54, 1.807) is 0 Å². The van der Waals surface area contributed by atoms with Gasteiger partial charge in [-0.2, -0.15) is 0 Å². The zero-order chi connectivity index (χ0) is 5.66. The van der Waals surface area contributed by atoms with Crippen LogP contribution in [0.15, 0.2) is 0 Å². The van der Waals surface area contributed by atoms with Gasteiger partial charge in [0.25, 0.3) is 0 Å². The molecule has 3 heteroatoms. The number of rotatable bonds is 0. The molecule has 0 spiro atoms. The largest absolute Gasteiger partial charge is 0.487 e. The minimum Gasteiger partial charge on any atom is -0.413 e. The molecule has 8 heavy (non-hydrogen) atoms. The SMILES string of the molecule is [B]1OCCCCCO1. The van der Waals surface area contributed by atoms with Crippen molar-refractivity contribution in [3.8, 4) is 0 Å². The Kier molecular flexibility index (Phi) is 3.00. The summed E-state index contributed by atoms with van der Waals surface area (Å²) in [4.78, 5) is 0. The van der Waals surface area contributed by atoms with Crippen molar-refractivity contribution < 1.29 is 9.31 Å². The van der Waals surface area contributed by atoms with E-state index >= 15 is 0 Å². The molecule has 0 saturated carbocycles. The second-order valence-corrected chi connectivity index (χ2v) is 1.90. The van der Waals surface area contributed by atoms with E-state index in [0.29, 0.717) is 0 Å². The van der Waals surface area contributed by atoms with Crippen LogP contribution in [0.4, 0.5) is 0 Å². The zero-order valence-electron chi connectivity index (χ0n) is 4.93. The quantitative estimate of drug-likeness (QED) is 0.431. The highest BCUT2D eigenvalue weighted by Gasteiger charge is 1.98. The molecule has 0 aromatic heterocycles. The molecule has 1 aliphatic heterocycles. The first-order valence-electron chi connectivity index (χ1n) is 3.05. The van der Waals surface area contributed by atoms with Crippen molar-refractivity contribution in [2.24, 2.45) is 0 Å². The predicted molar refractivity (Wildman–Crippen MR) is 31.5 cm³/mol. The standard InChI is InChI=1S/C5H10BO2/c1-2-4-7-6-8-5-3-1/h1-5H2. The molecule has 0 aliphatic carbocycles. The summed E-state index contributed by atoms with van der Waals surface area (Å²) in [6.07, 6.45) is 3.56. The summed E-state index contributed by atoms with van der Waals surface area (Å²) in [7, 11) is 1.44. The minimum atomic E-state index is 0.819. The van der Waals surface area contributed by atoms with Gasteiger partial charge in [-0.3, -0.25) is 0 Å². The molecular formula is C5H10BO2. The molecule has 0 atom stereocenters. The summed E-state index contributed by atoms with van der Waals surface area (Å²) < 4.78 is 9.85. The van der Waals surface area contributed by atoms with Gasteiger partial charge in [0.2, 0.25) is 0 Å². The van der Waals surface area contributed by atoms with Gasteiger partial charge in [-0.1, -0.05) is 0 Å². The zero-order valence-corrected chi connectivity index (χ0v) is 4.93. The lowest BCUT2D eigenvalue weighted by Gasteiger charge is -2.07. The number of hydrogen-bond donors (Lipinski definition) is 0. The second-order valence-electron chi connectivity index (χ2n) is 1.90. The van der Waals surface area contributed by atoms with Crippen molar-refractivity contribution in [1.29, 1.82) is 0 Å². The highest BCUT2D eigenvalue weighted by atomic mass is 16.6. The third kappa shape index (κ3) is 2.33. The Balaban J connectivity index is 2.00. The van der Waals surface area contributed by atoms with Crippen molar-refractivity contribution >= 4 is 7.69 Å². The lowest BCUT2D eigenvalue weighted by Crippen LogP contribution is -2.10. The summed E-state index contributed by atoms with van der Waals surface area (Å²) in [6, 6.07) is 0. The predicted octanol–water partition coefficient (Wildman–Crippen LogP) is 0.738. The van der Waals surface area contributed by atoms with Crippen LogP contribution < -0.4 is 0 Å². The van der Waals surface area contributed by atoms with Crippen LogP contribution in [0, 0.1) is 0 Å². The van der Waals surface area contributed by atoms with Crippen molar-refractivity contribution in [3.63, 3.8) is 0 Å². The van der Waals surface area contributed by atoms with Gasteiger partial charge in [-0.05, 0) is 19.3 Å². The van der Waals surface area contributed by atoms with Gasteiger partial charge < -0.3 is 9.31 Å². The fraction of sp³-hybridized carbons (Fsp3) is 1.00. The van der Waals surface area contributed by atoms with Crippen molar-refractivity contribution in [3.05, 3.63) is 0 Å². The highest BCUT2D eigenvalue weighted by molar-refractivity contribution is 6.17. The van der Waals surface area contributed by atoms with Gasteiger partial charge in [0.15, 0.2) is 0 Å². The molecule has 0 aromatic carbocycles. The van der Waals surface area contributed by atoms with Gasteiger partial charge >= 0.3 is 7.69 Å². The lowest BCUT2D eigenvalue weighted by atomic mass is 10.2. The lowest BCUT2D eigenvalue weighted by molar-refractivity contribution is 0.192. The smallest absolute Gasteiger partial charge is 0.413 e. The van der Waals surface area contributed by atoms with E-state index in [2.05, 4.69) is 0 Å². The van der Waals surface area contributed by atoms with Gasteiger partial charge in [0.05, 0.1) is 0 Å². The van der Waals surface area contributed by atoms with E-state index in [-0.39, 0.29) is 0 Å². The van der Waals surface area contributed by atoms with Crippen LogP contribution in [0.3, 0.4) is 0 Å². The Morgan fingerprint density at radius 1 is 0.875 bits per heavy atom. The summed E-state index contributed by atoms with van der Waals surface area (Å²) in [5.74, 6) is 0. The van der Waals surface area contributed by atoms with Gasteiger partial charge in [-0.15, -0.1) is 0 Å². The van der Waals surface area contributed by atoms with Crippen LogP contribution in [0.25, 0.3) is 0 Å². The van der Waals surface area contributed by atoms with E-state index < -0.39 is 0 Å². The van der Waals surface area contributed by atoms with Crippen molar-refractivity contribution in [1.82, 2.24) is 0 Å². The molecular weight excluding hydrogens is 103 g/mol. The fourth-order valence-electron chi connectivity index (χ4n) is 0.692. The maximum Gasteiger partial charge on any atom is 0.487 e. The summed E-state index contributed by atoms with van der Waals surface area (Å²) in [5, 5.41) is 0. The maximum atomic E-state index is 4.93. The first-order chi connectivity index (χ1) is 4.00. The Morgan fingerprint density at radius 3 is 2.12 bits per heavy atom. The number of hydrogen-bond acceptors (Lipinski definition) is 2. The highest BCUT2D eigenvalue weighted by Crippen LogP contribution is 1.98. The van der Waals surface area contributed by atoms with E-state index in [0.717, 1.165) is 13.2 Å². The Hall–Kier alpha value is -0.0151. The molecule has 1 rings (SSSR count). The first kappa shape index (κ1) is 6.11. The minimum absolute atomic E-state index is 0.819. The molecule has 0 unspecified atom stereocenters. The Labute approximate surface area is 50.5 Å². The van der Waals surface area contributed by atoms with Gasteiger partial charge in [0, 0.05) is 13.2 Å². The third-order valence-electron chi connectivity index (χ3n) is 1.16. The molecule has 1 aliphatic rings. The molecule has 0 N–H and O–H groups in total. The Morgan fingerprint density at radius 2 is 1.50 bits per heavy atom. The van der Waals surface area contributed by atoms with E-state index in [1.165, 1.54) is 26.9 Å². The summed E-state index contributed by atoms with van der Waals surface area (Å²) in [5.41, 5.74) is 0. The molecule has 0 aromatic rings. The summed E-state index contributed by atoms with van der Waals surface area (Å²) in [6.45, 7) is 1.64. The molecule has 0 amide bonds. The molecule has 1 heterocycles. The van der Waals surface area contributed by atoms with Crippen molar-refractivity contribution in [2.45, 2.75) is 19.3 Å². The second kappa shape index (κ2) is 3.92. The molecule has 1 saturated heterocycles. The third-order valence-corrected chi connectivity index (χ3v) is 1.16. The molecule has 1 fully saturated rings. The van der Waals surface area contributed by atoms with Crippen LogP contribution in [0.2, 0.25) is 0 Å². The molecule has 45 valence electrons. The average molecular weight is 113 g/mol. The molecule has 1 radical (unpaired) electrons. The fourth-order valence-corrected chi connectivity index (χ4v) is 0.692. The first-order valence-corrected chi connectivity index (χ1v) is 3.05. The topological polar surface area (TPSA) is 18.5 Å². The summed E-state index contributed by atoms with van der Waals surface area (Å²) >= 11 is 0. The Bertz CT molecular complexity index is 34.4. The van der Waals surface area contributed by atoms with E-state index in [1.807, 2.05) is 0 Å². The van der Waals surface area contributed by atoms with Gasteiger partial charge in [0.1, 0.15) is 0 Å². The van der Waals surface area contributed by atoms with Gasteiger partial charge in [-0.25, -0.2) is 0 Å².